The summed E-state index contributed by atoms with van der Waals surface area (Å²) in [5.41, 5.74) is 0.518. The van der Waals surface area contributed by atoms with Crippen molar-refractivity contribution < 1.29 is 14.3 Å². The third-order valence-corrected chi connectivity index (χ3v) is 2.45. The molecule has 0 amide bonds. The lowest BCUT2D eigenvalue weighted by Gasteiger charge is -2.23. The van der Waals surface area contributed by atoms with Crippen molar-refractivity contribution in [3.05, 3.63) is 35.9 Å². The monoisotopic (exact) mass is 248 g/mol. The van der Waals surface area contributed by atoms with Crippen molar-refractivity contribution in [2.24, 2.45) is 5.92 Å². The summed E-state index contributed by atoms with van der Waals surface area (Å²) >= 11 is 0. The molecule has 0 radical (unpaired) electrons. The minimum Gasteiger partial charge on any atom is -0.460 e. The number of hydrogen-bond acceptors (Lipinski definition) is 3. The Morgan fingerprint density at radius 1 is 1.28 bits per heavy atom. The summed E-state index contributed by atoms with van der Waals surface area (Å²) in [5.74, 6) is -0.706. The van der Waals surface area contributed by atoms with Crippen LogP contribution in [0, 0.1) is 5.92 Å². The van der Waals surface area contributed by atoms with Gasteiger partial charge in [-0.15, -0.1) is 0 Å². The van der Waals surface area contributed by atoms with Gasteiger partial charge in [0, 0.05) is 6.42 Å². The predicted molar refractivity (Wildman–Crippen MR) is 70.2 cm³/mol. The first kappa shape index (κ1) is 14.4. The number of esters is 1. The van der Waals surface area contributed by atoms with Crippen LogP contribution in [0.25, 0.3) is 0 Å². The molecule has 3 nitrogen and oxygen atoms in total. The zero-order valence-corrected chi connectivity index (χ0v) is 11.2. The normalized spacial score (nSPS) is 12.8. The van der Waals surface area contributed by atoms with Gasteiger partial charge >= 0.3 is 5.97 Å². The van der Waals surface area contributed by atoms with E-state index < -0.39 is 11.5 Å². The SMILES string of the molecule is CC(C)(C)OC(=O)[C@@H](CC=O)Cc1ccccc1. The van der Waals surface area contributed by atoms with Gasteiger partial charge < -0.3 is 9.53 Å². The molecule has 3 heteroatoms. The summed E-state index contributed by atoms with van der Waals surface area (Å²) in [5, 5.41) is 0. The molecule has 0 spiro atoms. The van der Waals surface area contributed by atoms with Crippen molar-refractivity contribution in [3.8, 4) is 0 Å². The van der Waals surface area contributed by atoms with Crippen molar-refractivity contribution in [1.29, 1.82) is 0 Å². The number of rotatable bonds is 5. The van der Waals surface area contributed by atoms with Crippen molar-refractivity contribution in [2.75, 3.05) is 0 Å². The molecule has 0 aliphatic rings. The Hall–Kier alpha value is -1.64. The van der Waals surface area contributed by atoms with Crippen LogP contribution in [0.3, 0.4) is 0 Å². The molecule has 0 N–H and O–H groups in total. The molecular formula is C15H20O3. The van der Waals surface area contributed by atoms with E-state index in [1.54, 1.807) is 0 Å². The second-order valence-corrected chi connectivity index (χ2v) is 5.32. The van der Waals surface area contributed by atoms with Crippen LogP contribution >= 0.6 is 0 Å². The van der Waals surface area contributed by atoms with Crippen LogP contribution < -0.4 is 0 Å². The zero-order chi connectivity index (χ0) is 13.6. The molecule has 0 fully saturated rings. The summed E-state index contributed by atoms with van der Waals surface area (Å²) in [4.78, 5) is 22.6. The molecule has 0 bridgehead atoms. The Bertz CT molecular complexity index is 390. The van der Waals surface area contributed by atoms with Gasteiger partial charge in [0.05, 0.1) is 5.92 Å². The van der Waals surface area contributed by atoms with Crippen LogP contribution in [0.15, 0.2) is 30.3 Å². The fourth-order valence-electron chi connectivity index (χ4n) is 1.66. The summed E-state index contributed by atoms with van der Waals surface area (Å²) in [7, 11) is 0. The maximum absolute atomic E-state index is 12.0. The van der Waals surface area contributed by atoms with Crippen LogP contribution in [-0.4, -0.2) is 17.9 Å². The van der Waals surface area contributed by atoms with Gasteiger partial charge in [0.25, 0.3) is 0 Å². The average Bonchev–Trinajstić information content (AvgIpc) is 2.27. The molecule has 0 saturated heterocycles. The maximum atomic E-state index is 12.0. The van der Waals surface area contributed by atoms with Gasteiger partial charge in [-0.3, -0.25) is 4.79 Å². The van der Waals surface area contributed by atoms with Gasteiger partial charge in [-0.2, -0.15) is 0 Å². The molecule has 0 aromatic heterocycles. The van der Waals surface area contributed by atoms with E-state index in [0.29, 0.717) is 6.42 Å². The average molecular weight is 248 g/mol. The number of carbonyl (C=O) groups is 2. The molecule has 18 heavy (non-hydrogen) atoms. The highest BCUT2D eigenvalue weighted by molar-refractivity contribution is 5.76. The molecule has 0 heterocycles. The zero-order valence-electron chi connectivity index (χ0n) is 11.2. The lowest BCUT2D eigenvalue weighted by Crippen LogP contribution is -2.30. The largest absolute Gasteiger partial charge is 0.460 e. The van der Waals surface area contributed by atoms with Crippen molar-refractivity contribution >= 4 is 12.3 Å². The lowest BCUT2D eigenvalue weighted by atomic mass is 9.96. The van der Waals surface area contributed by atoms with E-state index in [0.717, 1.165) is 11.8 Å². The van der Waals surface area contributed by atoms with Crippen LogP contribution in [0.4, 0.5) is 0 Å². The molecule has 1 rings (SSSR count). The Labute approximate surface area is 108 Å². The second-order valence-electron chi connectivity index (χ2n) is 5.32. The molecule has 98 valence electrons. The number of ether oxygens (including phenoxy) is 1. The van der Waals surface area contributed by atoms with Crippen LogP contribution in [0.1, 0.15) is 32.8 Å². The highest BCUT2D eigenvalue weighted by Crippen LogP contribution is 2.17. The molecule has 0 aliphatic heterocycles. The summed E-state index contributed by atoms with van der Waals surface area (Å²) in [6.45, 7) is 5.47. The summed E-state index contributed by atoms with van der Waals surface area (Å²) < 4.78 is 5.33. The van der Waals surface area contributed by atoms with Crippen LogP contribution in [-0.2, 0) is 20.7 Å². The molecule has 1 atom stereocenters. The van der Waals surface area contributed by atoms with E-state index in [1.807, 2.05) is 51.1 Å². The number of benzene rings is 1. The molecule has 0 unspecified atom stereocenters. The van der Waals surface area contributed by atoms with Gasteiger partial charge in [0.15, 0.2) is 0 Å². The molecule has 0 aliphatic carbocycles. The van der Waals surface area contributed by atoms with Crippen molar-refractivity contribution in [3.63, 3.8) is 0 Å². The van der Waals surface area contributed by atoms with E-state index in [4.69, 9.17) is 4.74 Å². The fourth-order valence-corrected chi connectivity index (χ4v) is 1.66. The highest BCUT2D eigenvalue weighted by atomic mass is 16.6. The Kier molecular flexibility index (Phi) is 5.08. The maximum Gasteiger partial charge on any atom is 0.310 e. The van der Waals surface area contributed by atoms with Crippen LogP contribution in [0.5, 0.6) is 0 Å². The molecule has 0 saturated carbocycles. The van der Waals surface area contributed by atoms with Crippen LogP contribution in [0.2, 0.25) is 0 Å². The standard InChI is InChI=1S/C15H20O3/c1-15(2,3)18-14(17)13(9-10-16)11-12-7-5-4-6-8-12/h4-8,10,13H,9,11H2,1-3H3/t13-/m0/s1. The third kappa shape index (κ3) is 5.13. The van der Waals surface area contributed by atoms with Gasteiger partial charge in [-0.25, -0.2) is 0 Å². The molecular weight excluding hydrogens is 228 g/mol. The van der Waals surface area contributed by atoms with Crippen molar-refractivity contribution in [2.45, 2.75) is 39.2 Å². The quantitative estimate of drug-likeness (QED) is 0.594. The predicted octanol–water partition coefficient (Wildman–Crippen LogP) is 2.78. The first-order valence-electron chi connectivity index (χ1n) is 6.13. The van der Waals surface area contributed by atoms with Crippen molar-refractivity contribution in [1.82, 2.24) is 0 Å². The highest BCUT2D eigenvalue weighted by Gasteiger charge is 2.25. The first-order chi connectivity index (χ1) is 8.42. The van der Waals surface area contributed by atoms with E-state index in [1.165, 1.54) is 0 Å². The minimum absolute atomic E-state index is 0.198. The van der Waals surface area contributed by atoms with Gasteiger partial charge in [-0.05, 0) is 32.8 Å². The Balaban J connectivity index is 2.71. The summed E-state index contributed by atoms with van der Waals surface area (Å²) in [6.07, 6.45) is 1.51. The van der Waals surface area contributed by atoms with E-state index in [2.05, 4.69) is 0 Å². The smallest absolute Gasteiger partial charge is 0.310 e. The Morgan fingerprint density at radius 2 is 1.89 bits per heavy atom. The first-order valence-corrected chi connectivity index (χ1v) is 6.13. The van der Waals surface area contributed by atoms with E-state index in [9.17, 15) is 9.59 Å². The fraction of sp³-hybridized carbons (Fsp3) is 0.467. The second kappa shape index (κ2) is 6.34. The van der Waals surface area contributed by atoms with Gasteiger partial charge in [0.2, 0.25) is 0 Å². The number of carbonyl (C=O) groups excluding carboxylic acids is 2. The molecule has 1 aromatic rings. The van der Waals surface area contributed by atoms with Gasteiger partial charge in [-0.1, -0.05) is 30.3 Å². The van der Waals surface area contributed by atoms with E-state index in [-0.39, 0.29) is 12.4 Å². The number of aldehydes is 1. The summed E-state index contributed by atoms with van der Waals surface area (Å²) in [6, 6.07) is 9.65. The lowest BCUT2D eigenvalue weighted by molar-refractivity contribution is -0.160. The molecule has 1 aromatic carbocycles. The van der Waals surface area contributed by atoms with E-state index >= 15 is 0 Å². The number of hydrogen-bond donors (Lipinski definition) is 0. The topological polar surface area (TPSA) is 43.4 Å². The third-order valence-electron chi connectivity index (χ3n) is 2.45. The Morgan fingerprint density at radius 3 is 2.39 bits per heavy atom. The van der Waals surface area contributed by atoms with Gasteiger partial charge in [0.1, 0.15) is 11.9 Å². The minimum atomic E-state index is -0.519.